The minimum Gasteiger partial charge on any atom is -0.395 e. The molecule has 0 spiro atoms. The molecule has 1 amide bonds. The molecule has 4 aromatic rings. The van der Waals surface area contributed by atoms with E-state index >= 15 is 0 Å². The molecule has 0 bridgehead atoms. The van der Waals surface area contributed by atoms with Crippen LogP contribution in [0.15, 0.2) is 24.7 Å². The first-order chi connectivity index (χ1) is 20.3. The molecular weight excluding hydrogens is 540 g/mol. The number of aliphatic hydroxyl groups is 1. The smallest absolute Gasteiger partial charge is 0.238 e. The number of carbonyl (C=O) groups excluding carboxylic acids is 1. The van der Waals surface area contributed by atoms with Gasteiger partial charge in [-0.3, -0.25) is 9.69 Å². The van der Waals surface area contributed by atoms with Gasteiger partial charge in [0.2, 0.25) is 5.91 Å². The van der Waals surface area contributed by atoms with Crippen LogP contribution in [0.5, 0.6) is 0 Å². The Balaban J connectivity index is 1.53. The van der Waals surface area contributed by atoms with Crippen molar-refractivity contribution in [3.05, 3.63) is 41.3 Å². The molecule has 232 valence electrons. The number of aromatic nitrogens is 5. The first kappa shape index (κ1) is 30.9. The number of fused-ring (bicyclic) bond motifs is 2. The highest BCUT2D eigenvalue weighted by molar-refractivity contribution is 5.90. The monoisotopic (exact) mass is 588 g/mol. The summed E-state index contributed by atoms with van der Waals surface area (Å²) in [5, 5.41) is 14.0. The van der Waals surface area contributed by atoms with Crippen LogP contribution in [0.4, 0.5) is 5.82 Å². The van der Waals surface area contributed by atoms with Gasteiger partial charge in [-0.1, -0.05) is 34.1 Å². The number of amides is 1. The molecule has 1 aliphatic heterocycles. The predicted molar refractivity (Wildman–Crippen MR) is 172 cm³/mol. The van der Waals surface area contributed by atoms with E-state index in [2.05, 4.69) is 106 Å². The third-order valence-electron chi connectivity index (χ3n) is 9.36. The van der Waals surface area contributed by atoms with Crippen LogP contribution in [0.3, 0.4) is 0 Å². The molecule has 1 unspecified atom stereocenters. The zero-order valence-electron chi connectivity index (χ0n) is 27.3. The summed E-state index contributed by atoms with van der Waals surface area (Å²) in [4.78, 5) is 33.4. The van der Waals surface area contributed by atoms with Gasteiger partial charge in [-0.25, -0.2) is 14.5 Å². The molecule has 1 saturated heterocycles. The lowest BCUT2D eigenvalue weighted by atomic mass is 9.95. The number of nitrogens with zero attached hydrogens (tertiary/aromatic N) is 7. The van der Waals surface area contributed by atoms with Gasteiger partial charge in [-0.2, -0.15) is 5.10 Å². The molecule has 5 heterocycles. The largest absolute Gasteiger partial charge is 0.395 e. The number of hydrogen-bond donors (Lipinski definition) is 2. The van der Waals surface area contributed by atoms with Crippen molar-refractivity contribution in [1.82, 2.24) is 34.4 Å². The molecule has 1 aliphatic rings. The summed E-state index contributed by atoms with van der Waals surface area (Å²) in [6, 6.07) is 4.38. The van der Waals surface area contributed by atoms with Gasteiger partial charge in [-0.15, -0.1) is 0 Å². The number of H-pyrrole nitrogens is 1. The molecule has 2 atom stereocenters. The zero-order chi connectivity index (χ0) is 31.2. The molecular formula is C33H48N8O2. The number of pyridine rings is 2. The quantitative estimate of drug-likeness (QED) is 0.279. The molecule has 10 heteroatoms. The predicted octanol–water partition coefficient (Wildman–Crippen LogP) is 5.13. The van der Waals surface area contributed by atoms with Crippen molar-refractivity contribution < 1.29 is 9.90 Å². The Bertz CT molecular complexity index is 1610. The molecule has 0 radical (unpaired) electrons. The van der Waals surface area contributed by atoms with E-state index in [1.165, 1.54) is 11.1 Å². The number of hydrogen-bond acceptors (Lipinski definition) is 7. The average molecular weight is 589 g/mol. The molecule has 10 nitrogen and oxygen atoms in total. The second kappa shape index (κ2) is 11.9. The highest BCUT2D eigenvalue weighted by Gasteiger charge is 2.38. The molecule has 1 fully saturated rings. The minimum atomic E-state index is -0.213. The second-order valence-corrected chi connectivity index (χ2v) is 13.5. The molecule has 0 aromatic carbocycles. The molecule has 0 aliphatic carbocycles. The number of β-amino-alcohol motifs (C(OH)–C–C–N with tert-alkyl or cyclic N) is 1. The summed E-state index contributed by atoms with van der Waals surface area (Å²) in [6.45, 7) is 21.3. The maximum atomic E-state index is 13.6. The van der Waals surface area contributed by atoms with Crippen LogP contribution in [0.25, 0.3) is 27.9 Å². The number of aryl methyl sites for hydroxylation is 1. The Morgan fingerprint density at radius 2 is 1.93 bits per heavy atom. The van der Waals surface area contributed by atoms with Crippen LogP contribution < -0.4 is 4.90 Å². The van der Waals surface area contributed by atoms with Gasteiger partial charge in [0.15, 0.2) is 5.65 Å². The van der Waals surface area contributed by atoms with Gasteiger partial charge in [0.1, 0.15) is 12.1 Å². The van der Waals surface area contributed by atoms with E-state index in [9.17, 15) is 9.90 Å². The third-order valence-corrected chi connectivity index (χ3v) is 9.36. The van der Waals surface area contributed by atoms with E-state index in [4.69, 9.17) is 4.98 Å². The summed E-state index contributed by atoms with van der Waals surface area (Å²) in [5.74, 6) is 1.59. The van der Waals surface area contributed by atoms with Crippen LogP contribution >= 0.6 is 0 Å². The van der Waals surface area contributed by atoms with Crippen molar-refractivity contribution in [1.29, 1.82) is 0 Å². The Morgan fingerprint density at radius 1 is 1.19 bits per heavy atom. The number of nitrogens with one attached hydrogen (secondary N) is 1. The number of anilines is 1. The van der Waals surface area contributed by atoms with Crippen LogP contribution in [-0.2, 0) is 4.79 Å². The lowest BCUT2D eigenvalue weighted by Crippen LogP contribution is -2.49. The molecule has 2 N–H and O–H groups in total. The number of rotatable bonds is 9. The highest BCUT2D eigenvalue weighted by Crippen LogP contribution is 2.38. The summed E-state index contributed by atoms with van der Waals surface area (Å²) < 4.78 is 1.85. The molecule has 5 rings (SSSR count). The molecule has 0 saturated carbocycles. The number of aliphatic hydroxyl groups excluding tert-OH is 1. The summed E-state index contributed by atoms with van der Waals surface area (Å²) in [6.07, 6.45) is 4.67. The van der Waals surface area contributed by atoms with Crippen molar-refractivity contribution in [2.45, 2.75) is 86.2 Å². The first-order valence-electron chi connectivity index (χ1n) is 15.6. The van der Waals surface area contributed by atoms with Gasteiger partial charge in [0.25, 0.3) is 0 Å². The van der Waals surface area contributed by atoms with Crippen molar-refractivity contribution in [2.24, 2.45) is 5.92 Å². The summed E-state index contributed by atoms with van der Waals surface area (Å²) >= 11 is 0. The third kappa shape index (κ3) is 5.74. The van der Waals surface area contributed by atoms with Crippen LogP contribution in [0.1, 0.15) is 77.5 Å². The lowest BCUT2D eigenvalue weighted by molar-refractivity contribution is -0.132. The summed E-state index contributed by atoms with van der Waals surface area (Å²) in [7, 11) is 0. The topological polar surface area (TPSA) is 106 Å². The fourth-order valence-electron chi connectivity index (χ4n) is 6.35. The number of aromatic amines is 1. The number of carbonyl (C=O) groups is 1. The minimum absolute atomic E-state index is 0.0265. The van der Waals surface area contributed by atoms with Crippen molar-refractivity contribution >= 4 is 28.4 Å². The van der Waals surface area contributed by atoms with E-state index in [0.29, 0.717) is 25.7 Å². The highest BCUT2D eigenvalue weighted by atomic mass is 16.3. The Hall–Kier alpha value is -3.50. The van der Waals surface area contributed by atoms with E-state index in [1.54, 1.807) is 6.33 Å². The normalized spacial score (nSPS) is 16.9. The van der Waals surface area contributed by atoms with E-state index in [1.807, 2.05) is 9.42 Å². The zero-order valence-corrected chi connectivity index (χ0v) is 27.3. The fraction of sp³-hybridized carbons (Fsp3) is 0.576. The van der Waals surface area contributed by atoms with E-state index in [0.717, 1.165) is 45.7 Å². The standard InChI is InChI=1S/C33H48N8O2/c1-10-21(4)26-16-38(28(43)17-39(13-14-42)33(7,8)9)19-40(26)27-12-11-25-31(37-27)29(20(2)3)30(36-25)24-15-41-32(34-18-35-41)23(6)22(24)5/h11-12,15,18,20-21,26,36,42H,10,13-14,16-17,19H2,1-9H3/t21-,26?/m0/s1. The molecule has 4 aromatic heterocycles. The SMILES string of the molecule is CC[C@H](C)C1CN(C(=O)CN(CCO)C(C)(C)C)CN1c1ccc2[nH]c(-c3cn4ncnc4c(C)c3C)c(C(C)C)c2n1. The Kier molecular flexibility index (Phi) is 8.55. The maximum Gasteiger partial charge on any atom is 0.238 e. The van der Waals surface area contributed by atoms with Gasteiger partial charge in [-0.05, 0) is 69.7 Å². The van der Waals surface area contributed by atoms with Gasteiger partial charge >= 0.3 is 0 Å². The second-order valence-electron chi connectivity index (χ2n) is 13.5. The average Bonchev–Trinajstić information content (AvgIpc) is 3.70. The van der Waals surface area contributed by atoms with E-state index in [-0.39, 0.29) is 36.6 Å². The van der Waals surface area contributed by atoms with Gasteiger partial charge in [0.05, 0.1) is 42.6 Å². The van der Waals surface area contributed by atoms with Crippen LogP contribution in [0.2, 0.25) is 0 Å². The first-order valence-corrected chi connectivity index (χ1v) is 15.6. The fourth-order valence-corrected chi connectivity index (χ4v) is 6.35. The summed E-state index contributed by atoms with van der Waals surface area (Å²) in [5.41, 5.74) is 8.24. The van der Waals surface area contributed by atoms with E-state index < -0.39 is 0 Å². The Morgan fingerprint density at radius 3 is 2.58 bits per heavy atom. The van der Waals surface area contributed by atoms with Crippen molar-refractivity contribution in [3.63, 3.8) is 0 Å². The van der Waals surface area contributed by atoms with Crippen molar-refractivity contribution in [2.75, 3.05) is 37.8 Å². The van der Waals surface area contributed by atoms with Gasteiger partial charge in [0, 0.05) is 36.0 Å². The van der Waals surface area contributed by atoms with Crippen LogP contribution in [0, 0.1) is 19.8 Å². The maximum absolute atomic E-state index is 13.6. The Labute approximate surface area is 255 Å². The van der Waals surface area contributed by atoms with Crippen molar-refractivity contribution in [3.8, 4) is 11.3 Å². The lowest BCUT2D eigenvalue weighted by Gasteiger charge is -2.35. The molecule has 43 heavy (non-hydrogen) atoms. The van der Waals surface area contributed by atoms with Crippen LogP contribution in [-0.4, -0.2) is 89.9 Å². The van der Waals surface area contributed by atoms with Gasteiger partial charge < -0.3 is 19.9 Å².